The van der Waals surface area contributed by atoms with E-state index in [-0.39, 0.29) is 24.6 Å². The predicted molar refractivity (Wildman–Crippen MR) is 196 cm³/mol. The Kier molecular flexibility index (Phi) is 13.5. The van der Waals surface area contributed by atoms with Crippen molar-refractivity contribution in [3.05, 3.63) is 131 Å². The number of β-lactam (4-membered cyclic amide) rings is 1. The minimum absolute atomic E-state index is 0.176. The lowest BCUT2D eigenvalue weighted by Crippen LogP contribution is -2.57. The first-order valence-corrected chi connectivity index (χ1v) is 18.0. The predicted octanol–water partition coefficient (Wildman–Crippen LogP) is 4.82. The van der Waals surface area contributed by atoms with Crippen LogP contribution in [0.15, 0.2) is 103 Å². The van der Waals surface area contributed by atoms with E-state index >= 15 is 0 Å². The van der Waals surface area contributed by atoms with Crippen molar-refractivity contribution < 1.29 is 42.9 Å². The van der Waals surface area contributed by atoms with Gasteiger partial charge in [0.15, 0.2) is 6.61 Å². The highest BCUT2D eigenvalue weighted by Gasteiger charge is 2.49. The Morgan fingerprint density at radius 1 is 0.868 bits per heavy atom. The maximum absolute atomic E-state index is 13.7. The van der Waals surface area contributed by atoms with Crippen LogP contribution in [0.5, 0.6) is 5.75 Å². The van der Waals surface area contributed by atoms with Crippen LogP contribution in [-0.2, 0) is 19.2 Å². The fraction of sp³-hybridized carbons (Fsp3) is 0.282. The Balaban J connectivity index is 1.20. The average Bonchev–Trinajstić information content (AvgIpc) is 3.16. The first-order chi connectivity index (χ1) is 25.5. The summed E-state index contributed by atoms with van der Waals surface area (Å²) in [7, 11) is 0. The highest BCUT2D eigenvalue weighted by Crippen LogP contribution is 2.46. The minimum atomic E-state index is -1.08. The molecule has 278 valence electrons. The summed E-state index contributed by atoms with van der Waals surface area (Å²) in [5, 5.41) is 24.6. The second kappa shape index (κ2) is 18.4. The Hall–Kier alpha value is -5.31. The number of nitrogens with one attached hydrogen (secondary N) is 2. The number of amides is 3. The quantitative estimate of drug-likeness (QED) is 0.0708. The smallest absolute Gasteiger partial charge is 0.320 e. The number of aliphatic hydroxyl groups is 1. The number of thioether (sulfide) groups is 1. The third kappa shape index (κ3) is 10.4. The highest BCUT2D eigenvalue weighted by atomic mass is 32.2. The Bertz CT molecular complexity index is 1850. The summed E-state index contributed by atoms with van der Waals surface area (Å²) in [6, 6.07) is 24.2. The molecule has 14 heteroatoms. The van der Waals surface area contributed by atoms with Gasteiger partial charge >= 0.3 is 5.97 Å². The van der Waals surface area contributed by atoms with Gasteiger partial charge in [-0.1, -0.05) is 54.6 Å². The molecular weight excluding hydrogens is 707 g/mol. The number of nitrogens with zero attached hydrogens (tertiary/aromatic N) is 1. The highest BCUT2D eigenvalue weighted by molar-refractivity contribution is 8.00. The molecule has 11 nitrogen and oxygen atoms in total. The van der Waals surface area contributed by atoms with Crippen molar-refractivity contribution in [2.24, 2.45) is 5.73 Å². The number of anilines is 1. The second-order valence-corrected chi connectivity index (χ2v) is 13.6. The number of aliphatic hydroxyl groups excluding tert-OH is 1. The summed E-state index contributed by atoms with van der Waals surface area (Å²) in [5.41, 5.74) is 7.87. The number of hydrogen-bond donors (Lipinski definition) is 5. The van der Waals surface area contributed by atoms with Crippen molar-refractivity contribution in [3.8, 4) is 5.75 Å². The topological polar surface area (TPSA) is 171 Å². The first kappa shape index (κ1) is 38.9. The van der Waals surface area contributed by atoms with Crippen LogP contribution in [0.1, 0.15) is 54.1 Å². The van der Waals surface area contributed by atoms with E-state index < -0.39 is 65.5 Å². The van der Waals surface area contributed by atoms with E-state index in [9.17, 15) is 33.1 Å². The SMILES string of the molecule is N[C@H](CCCCNC(=O)[C@H](NC(=O)COc1ccc([C@@H]2[C@@H](SCC(O)c3ccc(F)cc3)C(=O)N2c2ccc(F)cc2)cc1)c1ccccc1)C(=O)O. The second-order valence-electron chi connectivity index (χ2n) is 12.5. The lowest BCUT2D eigenvalue weighted by Gasteiger charge is -2.47. The van der Waals surface area contributed by atoms with Crippen molar-refractivity contribution in [1.29, 1.82) is 0 Å². The zero-order chi connectivity index (χ0) is 37.9. The van der Waals surface area contributed by atoms with E-state index in [2.05, 4.69) is 10.6 Å². The van der Waals surface area contributed by atoms with Crippen LogP contribution >= 0.6 is 11.8 Å². The molecule has 53 heavy (non-hydrogen) atoms. The van der Waals surface area contributed by atoms with Crippen LogP contribution in [0, 0.1) is 11.6 Å². The summed E-state index contributed by atoms with van der Waals surface area (Å²) in [6.45, 7) is -0.126. The Morgan fingerprint density at radius 2 is 1.51 bits per heavy atom. The molecule has 0 bridgehead atoms. The van der Waals surface area contributed by atoms with Crippen LogP contribution in [-0.4, -0.2) is 64.1 Å². The van der Waals surface area contributed by atoms with Gasteiger partial charge < -0.3 is 36.2 Å². The number of ether oxygens (including phenoxy) is 1. The molecule has 1 fully saturated rings. The summed E-state index contributed by atoms with van der Waals surface area (Å²) >= 11 is 1.26. The maximum atomic E-state index is 13.7. The van der Waals surface area contributed by atoms with Gasteiger partial charge in [0.1, 0.15) is 34.7 Å². The molecule has 5 atom stereocenters. The van der Waals surface area contributed by atoms with Crippen LogP contribution in [0.4, 0.5) is 14.5 Å². The van der Waals surface area contributed by atoms with E-state index in [1.165, 1.54) is 60.3 Å². The van der Waals surface area contributed by atoms with Crippen LogP contribution < -0.4 is 26.0 Å². The van der Waals surface area contributed by atoms with Gasteiger partial charge in [0, 0.05) is 18.0 Å². The number of hydrogen-bond acceptors (Lipinski definition) is 8. The van der Waals surface area contributed by atoms with Gasteiger partial charge in [-0.15, -0.1) is 11.8 Å². The third-order valence-electron chi connectivity index (χ3n) is 8.69. The van der Waals surface area contributed by atoms with E-state index in [4.69, 9.17) is 15.6 Å². The zero-order valence-corrected chi connectivity index (χ0v) is 29.4. The average molecular weight is 747 g/mol. The van der Waals surface area contributed by atoms with E-state index in [0.29, 0.717) is 35.4 Å². The van der Waals surface area contributed by atoms with Gasteiger partial charge in [-0.3, -0.25) is 19.2 Å². The number of rotatable bonds is 18. The number of unbranched alkanes of at least 4 members (excludes halogenated alkanes) is 1. The Labute approximate surface area is 309 Å². The molecule has 6 N–H and O–H groups in total. The standard InChI is InChI=1S/C39H40F2N4O7S/c40-27-13-9-24(10-14-27)32(46)23-53-36-35(45(38(36)49)29-17-15-28(41)16-18-29)26-11-19-30(20-12-26)52-22-33(47)44-34(25-6-2-1-3-7-25)37(48)43-21-5-4-8-31(42)39(50)51/h1-3,6-7,9-20,31-32,34-36,46H,4-5,8,21-23,42H2,(H,43,48)(H,44,47)(H,50,51)/t31-,32?,34-,35-,36-/m1/s1. The summed E-state index contributed by atoms with van der Waals surface area (Å²) in [6.07, 6.45) is 0.355. The fourth-order valence-corrected chi connectivity index (χ4v) is 7.10. The minimum Gasteiger partial charge on any atom is -0.484 e. The molecule has 0 saturated carbocycles. The molecule has 1 aliphatic rings. The van der Waals surface area contributed by atoms with Crippen LogP contribution in [0.3, 0.4) is 0 Å². The number of halogens is 2. The molecule has 0 aliphatic carbocycles. The molecular formula is C39H40F2N4O7S. The summed E-state index contributed by atoms with van der Waals surface area (Å²) in [5.74, 6) is -2.60. The zero-order valence-electron chi connectivity index (χ0n) is 28.6. The molecule has 5 rings (SSSR count). The molecule has 1 unspecified atom stereocenters. The molecule has 4 aromatic carbocycles. The number of benzene rings is 4. The van der Waals surface area contributed by atoms with Crippen LogP contribution in [0.25, 0.3) is 0 Å². The molecule has 0 radical (unpaired) electrons. The van der Waals surface area contributed by atoms with E-state index in [0.717, 1.165) is 5.56 Å². The summed E-state index contributed by atoms with van der Waals surface area (Å²) < 4.78 is 32.8. The van der Waals surface area contributed by atoms with Gasteiger partial charge in [0.25, 0.3) is 5.91 Å². The molecule has 1 aliphatic heterocycles. The van der Waals surface area contributed by atoms with Gasteiger partial charge in [-0.25, -0.2) is 8.78 Å². The first-order valence-electron chi connectivity index (χ1n) is 17.0. The lowest BCUT2D eigenvalue weighted by molar-refractivity contribution is -0.138. The van der Waals surface area contributed by atoms with Crippen molar-refractivity contribution >= 4 is 41.1 Å². The van der Waals surface area contributed by atoms with E-state index in [1.807, 2.05) is 0 Å². The van der Waals surface area contributed by atoms with Gasteiger partial charge in [-0.2, -0.15) is 0 Å². The fourth-order valence-electron chi connectivity index (χ4n) is 5.80. The van der Waals surface area contributed by atoms with Crippen molar-refractivity contribution in [3.63, 3.8) is 0 Å². The number of carboxylic acids is 1. The number of carbonyl (C=O) groups excluding carboxylic acids is 3. The number of nitrogens with two attached hydrogens (primary N) is 1. The third-order valence-corrected chi connectivity index (χ3v) is 10.0. The monoisotopic (exact) mass is 746 g/mol. The molecule has 0 spiro atoms. The summed E-state index contributed by atoms with van der Waals surface area (Å²) in [4.78, 5) is 52.0. The molecule has 4 aromatic rings. The number of carbonyl (C=O) groups is 4. The molecule has 0 aromatic heterocycles. The maximum Gasteiger partial charge on any atom is 0.320 e. The van der Waals surface area contributed by atoms with Gasteiger partial charge in [0.05, 0.1) is 12.1 Å². The lowest BCUT2D eigenvalue weighted by atomic mass is 9.92. The van der Waals surface area contributed by atoms with Crippen molar-refractivity contribution in [2.45, 2.75) is 48.7 Å². The van der Waals surface area contributed by atoms with Gasteiger partial charge in [0.2, 0.25) is 11.8 Å². The molecule has 1 saturated heterocycles. The molecule has 3 amide bonds. The largest absolute Gasteiger partial charge is 0.484 e. The molecule has 1 heterocycles. The van der Waals surface area contributed by atoms with Crippen LogP contribution in [0.2, 0.25) is 0 Å². The van der Waals surface area contributed by atoms with Gasteiger partial charge in [-0.05, 0) is 84.5 Å². The van der Waals surface area contributed by atoms with Crippen molar-refractivity contribution in [1.82, 2.24) is 10.6 Å². The van der Waals surface area contributed by atoms with E-state index in [1.54, 1.807) is 59.5 Å². The number of carboxylic acid groups (broad SMARTS) is 1. The van der Waals surface area contributed by atoms with Crippen molar-refractivity contribution in [2.75, 3.05) is 23.8 Å². The number of aliphatic carboxylic acids is 1. The normalized spacial score (nSPS) is 16.9. The Morgan fingerprint density at radius 3 is 2.15 bits per heavy atom.